The number of hydrogen-bond acceptors (Lipinski definition) is 4. The number of pyridine rings is 1. The van der Waals surface area contributed by atoms with Crippen molar-refractivity contribution in [2.75, 3.05) is 19.7 Å². The highest BCUT2D eigenvalue weighted by atomic mass is 16.5. The Balaban J connectivity index is 1.54. The third-order valence-electron chi connectivity index (χ3n) is 5.15. The maximum Gasteiger partial charge on any atom is 0.141 e. The number of imidazole rings is 1. The van der Waals surface area contributed by atoms with Crippen molar-refractivity contribution in [1.82, 2.24) is 19.4 Å². The summed E-state index contributed by atoms with van der Waals surface area (Å²) in [6.07, 6.45) is 9.19. The fraction of sp³-hybridized carbons (Fsp3) is 0.556. The SMILES string of the molecule is CC(C)[C@H]1CN2C[C@@H](n3ccnc3-c3cccnc3)C[C@H]2CO1. The average Bonchev–Trinajstić information content (AvgIpc) is 3.21. The molecule has 122 valence electrons. The summed E-state index contributed by atoms with van der Waals surface area (Å²) in [7, 11) is 0. The molecule has 2 fully saturated rings. The van der Waals surface area contributed by atoms with Crippen LogP contribution in [-0.4, -0.2) is 51.3 Å². The second-order valence-corrected chi connectivity index (χ2v) is 7.01. The Kier molecular flexibility index (Phi) is 3.91. The van der Waals surface area contributed by atoms with E-state index < -0.39 is 0 Å². The van der Waals surface area contributed by atoms with Crippen LogP contribution >= 0.6 is 0 Å². The lowest BCUT2D eigenvalue weighted by Gasteiger charge is -2.36. The van der Waals surface area contributed by atoms with Crippen molar-refractivity contribution in [3.8, 4) is 11.4 Å². The summed E-state index contributed by atoms with van der Waals surface area (Å²) < 4.78 is 8.38. The van der Waals surface area contributed by atoms with Crippen LogP contribution in [0.25, 0.3) is 11.4 Å². The Morgan fingerprint density at radius 2 is 2.13 bits per heavy atom. The molecule has 0 radical (unpaired) electrons. The van der Waals surface area contributed by atoms with E-state index in [0.717, 1.165) is 37.5 Å². The first-order valence-corrected chi connectivity index (χ1v) is 8.51. The molecule has 5 heteroatoms. The highest BCUT2D eigenvalue weighted by Gasteiger charge is 2.39. The van der Waals surface area contributed by atoms with Crippen molar-refractivity contribution < 1.29 is 4.74 Å². The Bertz CT molecular complexity index is 654. The molecule has 0 amide bonds. The highest BCUT2D eigenvalue weighted by Crippen LogP contribution is 2.34. The van der Waals surface area contributed by atoms with Crippen molar-refractivity contribution in [1.29, 1.82) is 0 Å². The minimum Gasteiger partial charge on any atom is -0.375 e. The monoisotopic (exact) mass is 312 g/mol. The molecule has 0 unspecified atom stereocenters. The Hall–Kier alpha value is -1.72. The van der Waals surface area contributed by atoms with Gasteiger partial charge in [-0.05, 0) is 24.5 Å². The lowest BCUT2D eigenvalue weighted by molar-refractivity contribution is -0.0683. The van der Waals surface area contributed by atoms with Gasteiger partial charge in [0.15, 0.2) is 0 Å². The van der Waals surface area contributed by atoms with Gasteiger partial charge in [0.2, 0.25) is 0 Å². The molecule has 4 heterocycles. The van der Waals surface area contributed by atoms with Crippen molar-refractivity contribution in [2.24, 2.45) is 5.92 Å². The van der Waals surface area contributed by atoms with E-state index in [1.165, 1.54) is 0 Å². The van der Waals surface area contributed by atoms with Gasteiger partial charge >= 0.3 is 0 Å². The predicted molar refractivity (Wildman–Crippen MR) is 89.1 cm³/mol. The summed E-state index contributed by atoms with van der Waals surface area (Å²) in [6, 6.07) is 5.05. The predicted octanol–water partition coefficient (Wildman–Crippen LogP) is 2.62. The molecule has 0 aliphatic carbocycles. The van der Waals surface area contributed by atoms with Gasteiger partial charge in [0.1, 0.15) is 5.82 Å². The molecule has 2 aromatic rings. The first kappa shape index (κ1) is 14.8. The molecular weight excluding hydrogens is 288 g/mol. The lowest BCUT2D eigenvalue weighted by atomic mass is 10.0. The number of hydrogen-bond donors (Lipinski definition) is 0. The Labute approximate surface area is 137 Å². The van der Waals surface area contributed by atoms with Gasteiger partial charge < -0.3 is 9.30 Å². The largest absolute Gasteiger partial charge is 0.375 e. The molecule has 0 saturated carbocycles. The Morgan fingerprint density at radius 3 is 2.91 bits per heavy atom. The van der Waals surface area contributed by atoms with E-state index in [0.29, 0.717) is 24.1 Å². The standard InChI is InChI=1S/C18H24N4O/c1-13(2)17-11-21-10-15(8-16(21)12-23-17)22-7-6-20-18(22)14-4-3-5-19-9-14/h3-7,9,13,15-17H,8,10-12H2,1-2H3/t15-,16-,17+/m0/s1. The molecule has 5 nitrogen and oxygen atoms in total. The van der Waals surface area contributed by atoms with Crippen molar-refractivity contribution in [3.05, 3.63) is 36.9 Å². The molecule has 3 atom stereocenters. The molecule has 0 N–H and O–H groups in total. The fourth-order valence-corrected chi connectivity index (χ4v) is 3.80. The molecule has 4 rings (SSSR count). The minimum atomic E-state index is 0.366. The summed E-state index contributed by atoms with van der Waals surface area (Å²) in [5, 5.41) is 0. The smallest absolute Gasteiger partial charge is 0.141 e. The molecule has 2 saturated heterocycles. The van der Waals surface area contributed by atoms with E-state index in [2.05, 4.69) is 45.5 Å². The second-order valence-electron chi connectivity index (χ2n) is 7.01. The van der Waals surface area contributed by atoms with Crippen LogP contribution in [0.5, 0.6) is 0 Å². The number of fused-ring (bicyclic) bond motifs is 1. The van der Waals surface area contributed by atoms with Crippen LogP contribution in [0.15, 0.2) is 36.9 Å². The summed E-state index contributed by atoms with van der Waals surface area (Å²) in [6.45, 7) is 7.48. The number of nitrogens with zero attached hydrogens (tertiary/aromatic N) is 4. The van der Waals surface area contributed by atoms with Crippen LogP contribution < -0.4 is 0 Å². The van der Waals surface area contributed by atoms with Gasteiger partial charge in [0.25, 0.3) is 0 Å². The molecule has 0 bridgehead atoms. The van der Waals surface area contributed by atoms with Gasteiger partial charge in [-0.2, -0.15) is 0 Å². The van der Waals surface area contributed by atoms with Crippen LogP contribution in [0.2, 0.25) is 0 Å². The quantitative estimate of drug-likeness (QED) is 0.874. The molecule has 2 aliphatic heterocycles. The van der Waals surface area contributed by atoms with Gasteiger partial charge in [-0.3, -0.25) is 9.88 Å². The van der Waals surface area contributed by atoms with E-state index >= 15 is 0 Å². The van der Waals surface area contributed by atoms with Crippen LogP contribution in [0.4, 0.5) is 0 Å². The van der Waals surface area contributed by atoms with Gasteiger partial charge in [-0.1, -0.05) is 13.8 Å². The molecular formula is C18H24N4O. The van der Waals surface area contributed by atoms with E-state index in [1.807, 2.05) is 18.5 Å². The second kappa shape index (κ2) is 6.06. The third-order valence-corrected chi connectivity index (χ3v) is 5.15. The minimum absolute atomic E-state index is 0.366. The van der Waals surface area contributed by atoms with Gasteiger partial charge in [0.05, 0.1) is 12.7 Å². The number of rotatable bonds is 3. The molecule has 23 heavy (non-hydrogen) atoms. The molecule has 0 spiro atoms. The summed E-state index contributed by atoms with van der Waals surface area (Å²) in [5.74, 6) is 1.60. The Morgan fingerprint density at radius 1 is 1.22 bits per heavy atom. The van der Waals surface area contributed by atoms with Crippen molar-refractivity contribution >= 4 is 0 Å². The average molecular weight is 312 g/mol. The summed E-state index contributed by atoms with van der Waals surface area (Å²) in [5.41, 5.74) is 1.08. The van der Waals surface area contributed by atoms with Gasteiger partial charge in [-0.15, -0.1) is 0 Å². The van der Waals surface area contributed by atoms with Gasteiger partial charge in [0, 0.05) is 55.5 Å². The zero-order valence-electron chi connectivity index (χ0n) is 13.8. The number of aromatic nitrogens is 3. The van der Waals surface area contributed by atoms with Crippen LogP contribution in [0, 0.1) is 5.92 Å². The van der Waals surface area contributed by atoms with Gasteiger partial charge in [-0.25, -0.2) is 4.98 Å². The van der Waals surface area contributed by atoms with E-state index in [4.69, 9.17) is 4.74 Å². The molecule has 2 aliphatic rings. The van der Waals surface area contributed by atoms with Crippen molar-refractivity contribution in [2.45, 2.75) is 38.5 Å². The molecule has 2 aromatic heterocycles. The lowest BCUT2D eigenvalue weighted by Crippen LogP contribution is -2.47. The van der Waals surface area contributed by atoms with E-state index in [9.17, 15) is 0 Å². The first-order chi connectivity index (χ1) is 11.2. The number of ether oxygens (including phenoxy) is 1. The topological polar surface area (TPSA) is 43.2 Å². The van der Waals surface area contributed by atoms with Crippen molar-refractivity contribution in [3.63, 3.8) is 0 Å². The van der Waals surface area contributed by atoms with Crippen LogP contribution in [0.1, 0.15) is 26.3 Å². The summed E-state index contributed by atoms with van der Waals surface area (Å²) in [4.78, 5) is 11.4. The molecule has 0 aromatic carbocycles. The fourth-order valence-electron chi connectivity index (χ4n) is 3.80. The maximum atomic E-state index is 6.06. The third kappa shape index (κ3) is 2.79. The van der Waals surface area contributed by atoms with E-state index in [1.54, 1.807) is 6.20 Å². The van der Waals surface area contributed by atoms with Crippen LogP contribution in [0.3, 0.4) is 0 Å². The summed E-state index contributed by atoms with van der Waals surface area (Å²) >= 11 is 0. The van der Waals surface area contributed by atoms with E-state index in [-0.39, 0.29) is 0 Å². The maximum absolute atomic E-state index is 6.06. The zero-order chi connectivity index (χ0) is 15.8. The zero-order valence-corrected chi connectivity index (χ0v) is 13.8. The highest BCUT2D eigenvalue weighted by molar-refractivity contribution is 5.53. The number of morpholine rings is 1. The normalized spacial score (nSPS) is 28.2. The first-order valence-electron chi connectivity index (χ1n) is 8.51. The van der Waals surface area contributed by atoms with Crippen LogP contribution in [-0.2, 0) is 4.74 Å².